The van der Waals surface area contributed by atoms with Crippen molar-refractivity contribution in [2.45, 2.75) is 31.7 Å². The predicted octanol–water partition coefficient (Wildman–Crippen LogP) is 0.754. The smallest absolute Gasteiger partial charge is 0.356 e. The fourth-order valence-electron chi connectivity index (χ4n) is 6.21. The second-order valence-electron chi connectivity index (χ2n) is 11.1. The van der Waals surface area contributed by atoms with Crippen LogP contribution >= 0.6 is 0 Å². The third-order valence-electron chi connectivity index (χ3n) is 8.54. The molecule has 14 heteroatoms. The van der Waals surface area contributed by atoms with Gasteiger partial charge in [0.1, 0.15) is 11.9 Å². The molecule has 0 bridgehead atoms. The third kappa shape index (κ3) is 5.17. The minimum absolute atomic E-state index is 0.0177. The van der Waals surface area contributed by atoms with Crippen molar-refractivity contribution in [1.29, 1.82) is 0 Å². The second kappa shape index (κ2) is 11.1. The summed E-state index contributed by atoms with van der Waals surface area (Å²) >= 11 is 0. The monoisotopic (exact) mass is 579 g/mol. The maximum Gasteiger partial charge on any atom is 0.356 e. The molecule has 0 saturated carbocycles. The highest BCUT2D eigenvalue weighted by atomic mass is 19.1. The lowest BCUT2D eigenvalue weighted by Crippen LogP contribution is -2.54. The first kappa shape index (κ1) is 27.7. The SMILES string of the molecule is O=C1CC[C@H](N2C(=O)c3cc(F)c(N4CCN(CC5CCN(c6ccc(C(=O)O)nn6)CC5)CC4)cc3C2=O)C(=O)N1. The topological polar surface area (TPSA) is 156 Å². The Morgan fingerprint density at radius 1 is 0.905 bits per heavy atom. The van der Waals surface area contributed by atoms with Crippen molar-refractivity contribution in [3.05, 3.63) is 46.9 Å². The van der Waals surface area contributed by atoms with Crippen molar-refractivity contribution in [2.24, 2.45) is 5.92 Å². The zero-order valence-electron chi connectivity index (χ0n) is 22.8. The van der Waals surface area contributed by atoms with Crippen LogP contribution in [0.1, 0.15) is 56.9 Å². The van der Waals surface area contributed by atoms with Crippen molar-refractivity contribution in [2.75, 3.05) is 55.6 Å². The number of fused-ring (bicyclic) bond motifs is 1. The van der Waals surface area contributed by atoms with E-state index in [4.69, 9.17) is 5.11 Å². The van der Waals surface area contributed by atoms with Crippen LogP contribution in [0.15, 0.2) is 24.3 Å². The average Bonchev–Trinajstić information content (AvgIpc) is 3.22. The minimum Gasteiger partial charge on any atom is -0.476 e. The van der Waals surface area contributed by atoms with Crippen LogP contribution in [0.4, 0.5) is 15.9 Å². The molecule has 4 aliphatic heterocycles. The van der Waals surface area contributed by atoms with Crippen LogP contribution in [0.5, 0.6) is 0 Å². The number of nitrogens with zero attached hydrogens (tertiary/aromatic N) is 6. The molecule has 220 valence electrons. The van der Waals surface area contributed by atoms with E-state index in [0.717, 1.165) is 43.4 Å². The Hall–Kier alpha value is -4.46. The van der Waals surface area contributed by atoms with Crippen LogP contribution in [-0.2, 0) is 9.59 Å². The van der Waals surface area contributed by atoms with Crippen LogP contribution in [0.25, 0.3) is 0 Å². The molecule has 1 aromatic heterocycles. The van der Waals surface area contributed by atoms with E-state index in [9.17, 15) is 24.0 Å². The lowest BCUT2D eigenvalue weighted by Gasteiger charge is -2.39. The summed E-state index contributed by atoms with van der Waals surface area (Å²) in [6, 6.07) is 4.54. The number of imide groups is 2. The summed E-state index contributed by atoms with van der Waals surface area (Å²) in [7, 11) is 0. The molecule has 2 N–H and O–H groups in total. The molecule has 13 nitrogen and oxygen atoms in total. The van der Waals surface area contributed by atoms with Gasteiger partial charge in [-0.3, -0.25) is 34.3 Å². The van der Waals surface area contributed by atoms with Crippen molar-refractivity contribution in [3.8, 4) is 0 Å². The van der Waals surface area contributed by atoms with Gasteiger partial charge in [0.15, 0.2) is 11.5 Å². The van der Waals surface area contributed by atoms with Gasteiger partial charge in [0.2, 0.25) is 11.8 Å². The molecule has 1 atom stereocenters. The van der Waals surface area contributed by atoms with E-state index in [-0.39, 0.29) is 35.3 Å². The highest BCUT2D eigenvalue weighted by Crippen LogP contribution is 2.33. The molecule has 3 fully saturated rings. The number of hydrogen-bond acceptors (Lipinski definition) is 10. The Labute approximate surface area is 240 Å². The molecule has 5 heterocycles. The highest BCUT2D eigenvalue weighted by Gasteiger charge is 2.45. The number of anilines is 2. The van der Waals surface area contributed by atoms with Gasteiger partial charge in [-0.1, -0.05) is 0 Å². The van der Waals surface area contributed by atoms with Gasteiger partial charge in [-0.15, -0.1) is 10.2 Å². The number of aromatic nitrogens is 2. The number of piperidine rings is 2. The molecule has 0 radical (unpaired) electrons. The van der Waals surface area contributed by atoms with Crippen molar-refractivity contribution >= 4 is 41.1 Å². The first-order chi connectivity index (χ1) is 20.2. The number of hydrogen-bond donors (Lipinski definition) is 2. The number of rotatable bonds is 6. The summed E-state index contributed by atoms with van der Waals surface area (Å²) in [6.07, 6.45) is 1.98. The van der Waals surface area contributed by atoms with E-state index >= 15 is 4.39 Å². The number of carboxylic acid groups (broad SMARTS) is 1. The molecular formula is C28H30FN7O6. The summed E-state index contributed by atoms with van der Waals surface area (Å²) in [6.45, 7) is 5.05. The number of piperazine rings is 1. The highest BCUT2D eigenvalue weighted by molar-refractivity contribution is 6.23. The summed E-state index contributed by atoms with van der Waals surface area (Å²) in [5.74, 6) is -3.08. The number of carbonyl (C=O) groups excluding carboxylic acids is 4. The first-order valence-corrected chi connectivity index (χ1v) is 14.0. The standard InChI is InChI=1S/C28H30FN7O6/c29-19-13-17-18(27(40)36(26(17)39)21-2-4-24(37)30-25(21)38)14-22(19)34-11-9-33(10-12-34)15-16-5-7-35(8-6-16)23-3-1-20(28(41)42)31-32-23/h1,3,13-14,16,21H,2,4-12,15H2,(H,41,42)(H,30,37,38)/t21-/m0/s1. The largest absolute Gasteiger partial charge is 0.476 e. The summed E-state index contributed by atoms with van der Waals surface area (Å²) in [4.78, 5) is 68.1. The first-order valence-electron chi connectivity index (χ1n) is 14.0. The molecular weight excluding hydrogens is 549 g/mol. The minimum atomic E-state index is -1.10. The van der Waals surface area contributed by atoms with Gasteiger partial charge in [-0.05, 0) is 49.4 Å². The van der Waals surface area contributed by atoms with Gasteiger partial charge < -0.3 is 14.9 Å². The predicted molar refractivity (Wildman–Crippen MR) is 146 cm³/mol. The molecule has 0 unspecified atom stereocenters. The molecule has 42 heavy (non-hydrogen) atoms. The molecule has 4 amide bonds. The molecule has 1 aromatic carbocycles. The van der Waals surface area contributed by atoms with E-state index in [1.54, 1.807) is 6.07 Å². The number of aromatic carboxylic acids is 1. The number of benzene rings is 1. The third-order valence-corrected chi connectivity index (χ3v) is 8.54. The average molecular weight is 580 g/mol. The number of nitrogens with one attached hydrogen (secondary N) is 1. The maximum atomic E-state index is 15.2. The summed E-state index contributed by atoms with van der Waals surface area (Å²) in [5, 5.41) is 19.0. The Balaban J connectivity index is 1.04. The number of carbonyl (C=O) groups is 5. The molecule has 0 spiro atoms. The molecule has 3 saturated heterocycles. The Morgan fingerprint density at radius 3 is 2.21 bits per heavy atom. The van der Waals surface area contributed by atoms with Gasteiger partial charge in [-0.25, -0.2) is 9.18 Å². The van der Waals surface area contributed by atoms with E-state index in [1.165, 1.54) is 12.1 Å². The van der Waals surface area contributed by atoms with Gasteiger partial charge in [0, 0.05) is 52.2 Å². The molecule has 4 aliphatic rings. The number of halogens is 1. The van der Waals surface area contributed by atoms with Gasteiger partial charge >= 0.3 is 5.97 Å². The Morgan fingerprint density at radius 2 is 1.60 bits per heavy atom. The van der Waals surface area contributed by atoms with Crippen LogP contribution in [0.3, 0.4) is 0 Å². The maximum absolute atomic E-state index is 15.2. The van der Waals surface area contributed by atoms with E-state index in [1.807, 2.05) is 4.90 Å². The lowest BCUT2D eigenvalue weighted by atomic mass is 9.96. The van der Waals surface area contributed by atoms with Crippen molar-refractivity contribution in [1.82, 2.24) is 25.3 Å². The van der Waals surface area contributed by atoms with E-state index in [0.29, 0.717) is 37.9 Å². The molecule has 6 rings (SSSR count). The van der Waals surface area contributed by atoms with E-state index in [2.05, 4.69) is 25.3 Å². The number of amides is 4. The van der Waals surface area contributed by atoms with E-state index < -0.39 is 41.5 Å². The summed E-state index contributed by atoms with van der Waals surface area (Å²) < 4.78 is 15.2. The van der Waals surface area contributed by atoms with Gasteiger partial charge in [0.05, 0.1) is 16.8 Å². The van der Waals surface area contributed by atoms with Crippen molar-refractivity contribution in [3.63, 3.8) is 0 Å². The van der Waals surface area contributed by atoms with Crippen molar-refractivity contribution < 1.29 is 33.5 Å². The Kier molecular flexibility index (Phi) is 7.31. The quantitative estimate of drug-likeness (QED) is 0.466. The van der Waals surface area contributed by atoms with Crippen LogP contribution in [0, 0.1) is 11.7 Å². The Bertz CT molecular complexity index is 1450. The normalized spacial score (nSPS) is 22.0. The zero-order chi connectivity index (χ0) is 29.5. The fourth-order valence-corrected chi connectivity index (χ4v) is 6.21. The molecule has 2 aromatic rings. The lowest BCUT2D eigenvalue weighted by molar-refractivity contribution is -0.136. The fraction of sp³-hybridized carbons (Fsp3) is 0.464. The molecule has 0 aliphatic carbocycles. The zero-order valence-corrected chi connectivity index (χ0v) is 22.8. The van der Waals surface area contributed by atoms with Crippen LogP contribution in [-0.4, -0.2) is 107 Å². The van der Waals surface area contributed by atoms with Gasteiger partial charge in [0.25, 0.3) is 11.8 Å². The summed E-state index contributed by atoms with van der Waals surface area (Å²) in [5.41, 5.74) is 0.169. The van der Waals surface area contributed by atoms with Crippen LogP contribution in [0.2, 0.25) is 0 Å². The van der Waals surface area contributed by atoms with Gasteiger partial charge in [-0.2, -0.15) is 0 Å². The second-order valence-corrected chi connectivity index (χ2v) is 11.1. The number of carboxylic acids is 1. The van der Waals surface area contributed by atoms with Crippen LogP contribution < -0.4 is 15.1 Å².